The SMILES string of the molecule is C=CCC(C)C[C@H]1C(C)=CC[C@H](C(C)C)[C@H]1C[C@@H]1OC(C)(C)O[C@H]1C=C. The van der Waals surface area contributed by atoms with Gasteiger partial charge in [-0.15, -0.1) is 13.2 Å². The topological polar surface area (TPSA) is 18.5 Å². The molecule has 2 heteroatoms. The molecule has 0 radical (unpaired) electrons. The predicted octanol–water partition coefficient (Wildman–Crippen LogP) is 6.54. The molecule has 2 rings (SSSR count). The fourth-order valence-electron chi connectivity index (χ4n) is 5.08. The summed E-state index contributed by atoms with van der Waals surface area (Å²) in [6.07, 6.45) is 11.2. The summed E-state index contributed by atoms with van der Waals surface area (Å²) in [5, 5.41) is 0. The molecule has 1 heterocycles. The van der Waals surface area contributed by atoms with Gasteiger partial charge in [0.15, 0.2) is 5.79 Å². The van der Waals surface area contributed by atoms with E-state index < -0.39 is 5.79 Å². The van der Waals surface area contributed by atoms with E-state index >= 15 is 0 Å². The molecule has 0 N–H and O–H groups in total. The third-order valence-corrected chi connectivity index (χ3v) is 6.40. The maximum atomic E-state index is 6.29. The van der Waals surface area contributed by atoms with E-state index in [2.05, 4.69) is 53.0 Å². The van der Waals surface area contributed by atoms with Crippen LogP contribution >= 0.6 is 0 Å². The van der Waals surface area contributed by atoms with Crippen molar-refractivity contribution in [2.75, 3.05) is 0 Å². The highest BCUT2D eigenvalue weighted by Crippen LogP contribution is 2.46. The highest BCUT2D eigenvalue weighted by Gasteiger charge is 2.44. The number of allylic oxidation sites excluding steroid dienone is 3. The Bertz CT molecular complexity index is 516. The van der Waals surface area contributed by atoms with E-state index in [4.69, 9.17) is 9.47 Å². The second kappa shape index (κ2) is 8.89. The van der Waals surface area contributed by atoms with Crippen LogP contribution in [0.4, 0.5) is 0 Å². The molecule has 1 saturated heterocycles. The lowest BCUT2D eigenvalue weighted by Crippen LogP contribution is -2.37. The Labute approximate surface area is 161 Å². The van der Waals surface area contributed by atoms with Gasteiger partial charge in [-0.1, -0.05) is 44.6 Å². The molecular weight excluding hydrogens is 320 g/mol. The Balaban J connectivity index is 2.23. The zero-order valence-electron chi connectivity index (χ0n) is 17.8. The molecule has 0 aromatic rings. The van der Waals surface area contributed by atoms with E-state index in [0.29, 0.717) is 29.6 Å². The second-order valence-electron chi connectivity index (χ2n) is 9.34. The molecule has 0 aromatic heterocycles. The number of ether oxygens (including phenoxy) is 2. The van der Waals surface area contributed by atoms with Crippen molar-refractivity contribution in [1.29, 1.82) is 0 Å². The predicted molar refractivity (Wildman–Crippen MR) is 111 cm³/mol. The Hall–Kier alpha value is -0.860. The zero-order chi connectivity index (χ0) is 19.5. The maximum absolute atomic E-state index is 6.29. The number of hydrogen-bond donors (Lipinski definition) is 0. The molecule has 0 aromatic carbocycles. The van der Waals surface area contributed by atoms with Crippen LogP contribution in [0, 0.1) is 29.6 Å². The van der Waals surface area contributed by atoms with E-state index in [0.717, 1.165) is 12.8 Å². The summed E-state index contributed by atoms with van der Waals surface area (Å²) >= 11 is 0. The summed E-state index contributed by atoms with van der Waals surface area (Å²) < 4.78 is 12.4. The highest BCUT2D eigenvalue weighted by atomic mass is 16.7. The molecule has 2 aliphatic rings. The molecule has 0 amide bonds. The van der Waals surface area contributed by atoms with Crippen molar-refractivity contribution in [3.63, 3.8) is 0 Å². The molecular formula is C24H40O2. The van der Waals surface area contributed by atoms with Gasteiger partial charge < -0.3 is 9.47 Å². The molecule has 0 bridgehead atoms. The summed E-state index contributed by atoms with van der Waals surface area (Å²) in [6, 6.07) is 0. The van der Waals surface area contributed by atoms with Crippen LogP contribution in [0.2, 0.25) is 0 Å². The molecule has 0 spiro atoms. The molecule has 6 atom stereocenters. The first-order valence-electron chi connectivity index (χ1n) is 10.4. The van der Waals surface area contributed by atoms with E-state index in [1.54, 1.807) is 5.57 Å². The van der Waals surface area contributed by atoms with Crippen LogP contribution in [0.5, 0.6) is 0 Å². The Morgan fingerprint density at radius 2 is 1.92 bits per heavy atom. The lowest BCUT2D eigenvalue weighted by atomic mass is 9.64. The highest BCUT2D eigenvalue weighted by molar-refractivity contribution is 5.13. The van der Waals surface area contributed by atoms with Gasteiger partial charge in [0.05, 0.1) is 6.10 Å². The summed E-state index contributed by atoms with van der Waals surface area (Å²) in [5.74, 6) is 2.81. The maximum Gasteiger partial charge on any atom is 0.164 e. The van der Waals surface area contributed by atoms with Gasteiger partial charge in [0.1, 0.15) is 6.10 Å². The van der Waals surface area contributed by atoms with Gasteiger partial charge in [0.25, 0.3) is 0 Å². The third kappa shape index (κ3) is 5.10. The molecule has 26 heavy (non-hydrogen) atoms. The molecule has 1 unspecified atom stereocenters. The molecule has 1 aliphatic heterocycles. The fourth-order valence-corrected chi connectivity index (χ4v) is 5.08. The van der Waals surface area contributed by atoms with E-state index in [1.165, 1.54) is 12.8 Å². The Morgan fingerprint density at radius 3 is 2.50 bits per heavy atom. The fraction of sp³-hybridized carbons (Fsp3) is 0.750. The van der Waals surface area contributed by atoms with Gasteiger partial charge in [-0.05, 0) is 76.0 Å². The normalized spacial score (nSPS) is 35.2. The number of rotatable bonds is 8. The van der Waals surface area contributed by atoms with Gasteiger partial charge >= 0.3 is 0 Å². The van der Waals surface area contributed by atoms with Crippen LogP contribution in [0.15, 0.2) is 37.0 Å². The van der Waals surface area contributed by atoms with Gasteiger partial charge in [-0.25, -0.2) is 0 Å². The standard InChI is InChI=1S/C24H40O2/c1-9-11-17(5)14-20-18(6)12-13-19(16(3)4)21(20)15-23-22(10-2)25-24(7,8)26-23/h9-10,12,16-17,19-23H,1-2,11,13-15H2,3-8H3/t17?,19-,20+,21-,22+,23+/m1/s1. The zero-order valence-corrected chi connectivity index (χ0v) is 17.8. The minimum Gasteiger partial charge on any atom is -0.344 e. The van der Waals surface area contributed by atoms with Crippen molar-refractivity contribution in [2.24, 2.45) is 29.6 Å². The summed E-state index contributed by atoms with van der Waals surface area (Å²) in [4.78, 5) is 0. The molecule has 2 nitrogen and oxygen atoms in total. The average Bonchev–Trinajstić information content (AvgIpc) is 2.84. The van der Waals surface area contributed by atoms with E-state index in [-0.39, 0.29) is 12.2 Å². The Morgan fingerprint density at radius 1 is 1.23 bits per heavy atom. The average molecular weight is 361 g/mol. The monoisotopic (exact) mass is 360 g/mol. The summed E-state index contributed by atoms with van der Waals surface area (Å²) in [5.41, 5.74) is 1.57. The van der Waals surface area contributed by atoms with Gasteiger partial charge in [-0.2, -0.15) is 0 Å². The van der Waals surface area contributed by atoms with Crippen LogP contribution in [-0.2, 0) is 9.47 Å². The molecule has 148 valence electrons. The first-order valence-corrected chi connectivity index (χ1v) is 10.4. The smallest absolute Gasteiger partial charge is 0.164 e. The Kier molecular flexibility index (Phi) is 7.33. The summed E-state index contributed by atoms with van der Waals surface area (Å²) in [6.45, 7) is 21.4. The molecule has 1 fully saturated rings. The second-order valence-corrected chi connectivity index (χ2v) is 9.34. The number of hydrogen-bond acceptors (Lipinski definition) is 2. The third-order valence-electron chi connectivity index (χ3n) is 6.40. The lowest BCUT2D eigenvalue weighted by molar-refractivity contribution is -0.145. The lowest BCUT2D eigenvalue weighted by Gasteiger charge is -2.42. The van der Waals surface area contributed by atoms with Crippen LogP contribution in [-0.4, -0.2) is 18.0 Å². The van der Waals surface area contributed by atoms with Gasteiger partial charge in [0, 0.05) is 0 Å². The summed E-state index contributed by atoms with van der Waals surface area (Å²) in [7, 11) is 0. The molecule has 1 aliphatic carbocycles. The minimum absolute atomic E-state index is 0.00438. The van der Waals surface area contributed by atoms with Crippen molar-refractivity contribution in [1.82, 2.24) is 0 Å². The van der Waals surface area contributed by atoms with Crippen LogP contribution < -0.4 is 0 Å². The van der Waals surface area contributed by atoms with Crippen LogP contribution in [0.25, 0.3) is 0 Å². The minimum atomic E-state index is -0.512. The van der Waals surface area contributed by atoms with Crippen LogP contribution in [0.1, 0.15) is 67.2 Å². The molecule has 0 saturated carbocycles. The van der Waals surface area contributed by atoms with Crippen molar-refractivity contribution < 1.29 is 9.47 Å². The van der Waals surface area contributed by atoms with Crippen molar-refractivity contribution in [3.8, 4) is 0 Å². The van der Waals surface area contributed by atoms with Crippen molar-refractivity contribution >= 4 is 0 Å². The van der Waals surface area contributed by atoms with E-state index in [9.17, 15) is 0 Å². The first-order chi connectivity index (χ1) is 12.2. The van der Waals surface area contributed by atoms with Gasteiger partial charge in [-0.3, -0.25) is 0 Å². The van der Waals surface area contributed by atoms with Crippen molar-refractivity contribution in [2.45, 2.75) is 85.2 Å². The first kappa shape index (κ1) is 21.4. The van der Waals surface area contributed by atoms with Gasteiger partial charge in [0.2, 0.25) is 0 Å². The van der Waals surface area contributed by atoms with Crippen molar-refractivity contribution in [3.05, 3.63) is 37.0 Å². The van der Waals surface area contributed by atoms with E-state index in [1.807, 2.05) is 19.9 Å². The largest absolute Gasteiger partial charge is 0.344 e. The quantitative estimate of drug-likeness (QED) is 0.458. The van der Waals surface area contributed by atoms with Crippen LogP contribution in [0.3, 0.4) is 0 Å².